The molecular formula is C21H25N3O3. The molecule has 0 N–H and O–H groups in total. The molecule has 0 radical (unpaired) electrons. The Hall–Kier alpha value is -2.63. The largest absolute Gasteiger partial charge is 0.451 e. The summed E-state index contributed by atoms with van der Waals surface area (Å²) in [6.07, 6.45) is 4.94. The number of hydrogen-bond acceptors (Lipinski definition) is 5. The summed E-state index contributed by atoms with van der Waals surface area (Å²) in [5.74, 6) is 1.42. The van der Waals surface area contributed by atoms with Crippen LogP contribution in [0.4, 0.5) is 0 Å². The van der Waals surface area contributed by atoms with Crippen LogP contribution < -0.4 is 0 Å². The van der Waals surface area contributed by atoms with Crippen molar-refractivity contribution in [3.05, 3.63) is 46.8 Å². The van der Waals surface area contributed by atoms with Crippen molar-refractivity contribution in [1.29, 1.82) is 0 Å². The molecule has 2 aromatic heterocycles. The molecule has 0 saturated carbocycles. The van der Waals surface area contributed by atoms with Gasteiger partial charge in [-0.2, -0.15) is 4.98 Å². The molecule has 1 saturated heterocycles. The summed E-state index contributed by atoms with van der Waals surface area (Å²) in [7, 11) is 0. The molecule has 4 rings (SSSR count). The standard InChI is InChI=1S/C21H25N3O3/c1-4-7-15-9-10-18-16(12-15)13(2)19(26-18)21(25)24-11-6-5-8-17(24)20-22-14(3)23-27-20/h9-10,12,17H,4-8,11H2,1-3H3/t17-/m1/s1. The van der Waals surface area contributed by atoms with E-state index < -0.39 is 0 Å². The van der Waals surface area contributed by atoms with E-state index in [2.05, 4.69) is 29.2 Å². The van der Waals surface area contributed by atoms with Gasteiger partial charge in [0.2, 0.25) is 5.89 Å². The van der Waals surface area contributed by atoms with E-state index in [1.54, 1.807) is 6.92 Å². The lowest BCUT2D eigenvalue weighted by Gasteiger charge is -2.32. The van der Waals surface area contributed by atoms with Gasteiger partial charge >= 0.3 is 0 Å². The molecule has 0 unspecified atom stereocenters. The van der Waals surface area contributed by atoms with Gasteiger partial charge in [-0.1, -0.05) is 24.6 Å². The van der Waals surface area contributed by atoms with Crippen molar-refractivity contribution in [2.24, 2.45) is 0 Å². The van der Waals surface area contributed by atoms with Crippen LogP contribution in [0.25, 0.3) is 11.0 Å². The maximum atomic E-state index is 13.3. The quantitative estimate of drug-likeness (QED) is 0.665. The number of piperidine rings is 1. The fraction of sp³-hybridized carbons (Fsp3) is 0.476. The average molecular weight is 367 g/mol. The first-order valence-corrected chi connectivity index (χ1v) is 9.71. The van der Waals surface area contributed by atoms with Crippen LogP contribution in [0.2, 0.25) is 0 Å². The number of fused-ring (bicyclic) bond motifs is 1. The zero-order valence-corrected chi connectivity index (χ0v) is 16.1. The molecule has 3 aromatic rings. The minimum Gasteiger partial charge on any atom is -0.451 e. The van der Waals surface area contributed by atoms with Gasteiger partial charge in [0.15, 0.2) is 11.6 Å². The van der Waals surface area contributed by atoms with E-state index in [1.165, 1.54) is 5.56 Å². The van der Waals surface area contributed by atoms with Crippen LogP contribution in [0.1, 0.15) is 72.0 Å². The van der Waals surface area contributed by atoms with Gasteiger partial charge < -0.3 is 13.8 Å². The monoisotopic (exact) mass is 367 g/mol. The van der Waals surface area contributed by atoms with Gasteiger partial charge in [-0.3, -0.25) is 4.79 Å². The van der Waals surface area contributed by atoms with Crippen molar-refractivity contribution < 1.29 is 13.7 Å². The number of aryl methyl sites for hydroxylation is 3. The molecule has 1 aromatic carbocycles. The number of rotatable bonds is 4. The van der Waals surface area contributed by atoms with E-state index in [-0.39, 0.29) is 11.9 Å². The molecule has 1 aliphatic heterocycles. The maximum absolute atomic E-state index is 13.3. The number of likely N-dealkylation sites (tertiary alicyclic amines) is 1. The zero-order chi connectivity index (χ0) is 19.0. The summed E-state index contributed by atoms with van der Waals surface area (Å²) in [5, 5.41) is 4.91. The molecule has 1 aliphatic rings. The predicted octanol–water partition coefficient (Wildman–Crippen LogP) is 4.75. The summed E-state index contributed by atoms with van der Waals surface area (Å²) in [6.45, 7) is 6.59. The Morgan fingerprint density at radius 3 is 2.89 bits per heavy atom. The van der Waals surface area contributed by atoms with Crippen molar-refractivity contribution in [3.63, 3.8) is 0 Å². The fourth-order valence-electron chi connectivity index (χ4n) is 3.93. The number of nitrogens with zero attached hydrogens (tertiary/aromatic N) is 3. The molecule has 0 bridgehead atoms. The van der Waals surface area contributed by atoms with Gasteiger partial charge in [0.05, 0.1) is 0 Å². The number of carbonyl (C=O) groups excluding carboxylic acids is 1. The van der Waals surface area contributed by atoms with Crippen molar-refractivity contribution in [2.45, 2.75) is 58.9 Å². The Morgan fingerprint density at radius 2 is 2.15 bits per heavy atom. The third-order valence-corrected chi connectivity index (χ3v) is 5.33. The highest BCUT2D eigenvalue weighted by Gasteiger charge is 2.34. The van der Waals surface area contributed by atoms with E-state index >= 15 is 0 Å². The average Bonchev–Trinajstić information content (AvgIpc) is 3.25. The minimum absolute atomic E-state index is 0.0960. The van der Waals surface area contributed by atoms with Crippen LogP contribution in [-0.2, 0) is 6.42 Å². The van der Waals surface area contributed by atoms with E-state index in [4.69, 9.17) is 8.94 Å². The second-order valence-corrected chi connectivity index (χ2v) is 7.33. The Bertz CT molecular complexity index is 972. The SMILES string of the molecule is CCCc1ccc2oc(C(=O)N3CCCC[C@@H]3c3nc(C)no3)c(C)c2c1. The maximum Gasteiger partial charge on any atom is 0.290 e. The van der Waals surface area contributed by atoms with Crippen LogP contribution in [0.15, 0.2) is 27.1 Å². The molecular weight excluding hydrogens is 342 g/mol. The van der Waals surface area contributed by atoms with E-state index in [0.29, 0.717) is 24.0 Å². The van der Waals surface area contributed by atoms with Crippen LogP contribution >= 0.6 is 0 Å². The van der Waals surface area contributed by atoms with Crippen LogP contribution in [-0.4, -0.2) is 27.5 Å². The number of hydrogen-bond donors (Lipinski definition) is 0. The molecule has 142 valence electrons. The Morgan fingerprint density at radius 1 is 1.30 bits per heavy atom. The van der Waals surface area contributed by atoms with Gasteiger partial charge in [0.25, 0.3) is 5.91 Å². The lowest BCUT2D eigenvalue weighted by molar-refractivity contribution is 0.0531. The molecule has 1 amide bonds. The van der Waals surface area contributed by atoms with Gasteiger partial charge in [0.1, 0.15) is 11.6 Å². The summed E-state index contributed by atoms with van der Waals surface area (Å²) in [4.78, 5) is 19.5. The van der Waals surface area contributed by atoms with Gasteiger partial charge in [-0.05, 0) is 57.2 Å². The fourth-order valence-corrected chi connectivity index (χ4v) is 3.93. The molecule has 6 heteroatoms. The lowest BCUT2D eigenvalue weighted by Crippen LogP contribution is -2.38. The second kappa shape index (κ2) is 7.18. The summed E-state index contributed by atoms with van der Waals surface area (Å²) in [6, 6.07) is 6.01. The first kappa shape index (κ1) is 17.8. The molecule has 1 fully saturated rings. The van der Waals surface area contributed by atoms with Crippen LogP contribution in [0, 0.1) is 13.8 Å². The predicted molar refractivity (Wildman–Crippen MR) is 102 cm³/mol. The molecule has 27 heavy (non-hydrogen) atoms. The number of carbonyl (C=O) groups is 1. The van der Waals surface area contributed by atoms with Crippen molar-refractivity contribution >= 4 is 16.9 Å². The molecule has 3 heterocycles. The summed E-state index contributed by atoms with van der Waals surface area (Å²) in [5.41, 5.74) is 2.93. The first-order chi connectivity index (χ1) is 13.1. The van der Waals surface area contributed by atoms with Crippen LogP contribution in [0.5, 0.6) is 0 Å². The van der Waals surface area contributed by atoms with Crippen molar-refractivity contribution in [2.75, 3.05) is 6.54 Å². The highest BCUT2D eigenvalue weighted by atomic mass is 16.5. The topological polar surface area (TPSA) is 72.4 Å². The Balaban J connectivity index is 1.69. The lowest BCUT2D eigenvalue weighted by atomic mass is 10.0. The second-order valence-electron chi connectivity index (χ2n) is 7.33. The molecule has 0 aliphatic carbocycles. The molecule has 0 spiro atoms. The van der Waals surface area contributed by atoms with Gasteiger partial charge in [0, 0.05) is 17.5 Å². The highest BCUT2D eigenvalue weighted by molar-refractivity contribution is 5.99. The number of aromatic nitrogens is 2. The summed E-state index contributed by atoms with van der Waals surface area (Å²) >= 11 is 0. The number of amides is 1. The Kier molecular flexibility index (Phi) is 4.72. The third-order valence-electron chi connectivity index (χ3n) is 5.33. The molecule has 6 nitrogen and oxygen atoms in total. The zero-order valence-electron chi connectivity index (χ0n) is 16.1. The van der Waals surface area contributed by atoms with E-state index in [9.17, 15) is 4.79 Å². The first-order valence-electron chi connectivity index (χ1n) is 9.71. The highest BCUT2D eigenvalue weighted by Crippen LogP contribution is 2.34. The Labute approximate surface area is 158 Å². The smallest absolute Gasteiger partial charge is 0.290 e. The van der Waals surface area contributed by atoms with E-state index in [0.717, 1.165) is 48.6 Å². The van der Waals surface area contributed by atoms with Crippen molar-refractivity contribution in [3.8, 4) is 0 Å². The number of furan rings is 1. The normalized spacial score (nSPS) is 17.6. The van der Waals surface area contributed by atoms with Crippen LogP contribution in [0.3, 0.4) is 0 Å². The number of benzene rings is 1. The summed E-state index contributed by atoms with van der Waals surface area (Å²) < 4.78 is 11.3. The minimum atomic E-state index is -0.185. The third kappa shape index (κ3) is 3.24. The molecule has 1 atom stereocenters. The van der Waals surface area contributed by atoms with Crippen molar-refractivity contribution in [1.82, 2.24) is 15.0 Å². The van der Waals surface area contributed by atoms with Gasteiger partial charge in [-0.25, -0.2) is 0 Å². The van der Waals surface area contributed by atoms with E-state index in [1.807, 2.05) is 17.9 Å². The van der Waals surface area contributed by atoms with Gasteiger partial charge in [-0.15, -0.1) is 0 Å².